The number of ether oxygens (including phenoxy) is 2. The Morgan fingerprint density at radius 3 is 2.53 bits per heavy atom. The van der Waals surface area contributed by atoms with Gasteiger partial charge in [0.1, 0.15) is 0 Å². The Morgan fingerprint density at radius 1 is 1.16 bits per heavy atom. The van der Waals surface area contributed by atoms with E-state index in [-0.39, 0.29) is 11.4 Å². The van der Waals surface area contributed by atoms with E-state index in [1.807, 2.05) is 6.07 Å². The van der Waals surface area contributed by atoms with Gasteiger partial charge in [-0.3, -0.25) is 4.79 Å². The van der Waals surface area contributed by atoms with Crippen LogP contribution in [0, 0.1) is 0 Å². The molecule has 1 spiro atoms. The molecule has 1 amide bonds. The van der Waals surface area contributed by atoms with E-state index in [9.17, 15) is 4.79 Å². The first-order valence-corrected chi connectivity index (χ1v) is 6.75. The first-order chi connectivity index (χ1) is 9.19. The molecule has 1 heterocycles. The largest absolute Gasteiger partial charge is 0.493 e. The predicted octanol–water partition coefficient (Wildman–Crippen LogP) is 2.30. The molecule has 0 unspecified atom stereocenters. The van der Waals surface area contributed by atoms with Gasteiger partial charge in [-0.05, 0) is 25.0 Å². The first-order valence-electron chi connectivity index (χ1n) is 6.75. The van der Waals surface area contributed by atoms with E-state index in [0.29, 0.717) is 11.5 Å². The molecule has 1 fully saturated rings. The lowest BCUT2D eigenvalue weighted by Crippen LogP contribution is -2.51. The van der Waals surface area contributed by atoms with Gasteiger partial charge >= 0.3 is 0 Å². The van der Waals surface area contributed by atoms with Crippen molar-refractivity contribution in [3.05, 3.63) is 23.3 Å². The molecule has 1 N–H and O–H groups in total. The van der Waals surface area contributed by atoms with Crippen LogP contribution in [0.1, 0.15) is 41.6 Å². The first kappa shape index (κ1) is 12.3. The van der Waals surface area contributed by atoms with Crippen LogP contribution >= 0.6 is 0 Å². The van der Waals surface area contributed by atoms with E-state index in [1.165, 1.54) is 12.8 Å². The number of carbonyl (C=O) groups excluding carboxylic acids is 1. The van der Waals surface area contributed by atoms with Crippen molar-refractivity contribution >= 4 is 5.91 Å². The Morgan fingerprint density at radius 2 is 1.89 bits per heavy atom. The average molecular weight is 261 g/mol. The molecule has 2 aliphatic rings. The van der Waals surface area contributed by atoms with Gasteiger partial charge in [0, 0.05) is 23.1 Å². The van der Waals surface area contributed by atoms with Gasteiger partial charge in [0.05, 0.1) is 14.2 Å². The van der Waals surface area contributed by atoms with Crippen molar-refractivity contribution in [2.45, 2.75) is 37.6 Å². The Bertz CT molecular complexity index is 518. The average Bonchev–Trinajstić information content (AvgIpc) is 2.85. The van der Waals surface area contributed by atoms with Crippen molar-refractivity contribution in [1.82, 2.24) is 5.32 Å². The fraction of sp³-hybridized carbons (Fsp3) is 0.533. The molecule has 4 nitrogen and oxygen atoms in total. The van der Waals surface area contributed by atoms with Crippen LogP contribution < -0.4 is 14.8 Å². The van der Waals surface area contributed by atoms with Crippen molar-refractivity contribution in [2.75, 3.05) is 14.2 Å². The smallest absolute Gasteiger partial charge is 0.252 e. The quantitative estimate of drug-likeness (QED) is 0.888. The Kier molecular flexibility index (Phi) is 2.88. The Hall–Kier alpha value is -1.71. The molecule has 1 saturated carbocycles. The van der Waals surface area contributed by atoms with Crippen LogP contribution in [0.25, 0.3) is 0 Å². The number of hydrogen-bond donors (Lipinski definition) is 1. The summed E-state index contributed by atoms with van der Waals surface area (Å²) in [5.74, 6) is 1.43. The van der Waals surface area contributed by atoms with Crippen LogP contribution in [0.3, 0.4) is 0 Å². The van der Waals surface area contributed by atoms with Gasteiger partial charge in [-0.1, -0.05) is 12.8 Å². The molecule has 0 aromatic heterocycles. The van der Waals surface area contributed by atoms with E-state index in [1.54, 1.807) is 20.3 Å². The molecule has 102 valence electrons. The third-order valence-electron chi connectivity index (χ3n) is 4.35. The maximum Gasteiger partial charge on any atom is 0.252 e. The molecular weight excluding hydrogens is 242 g/mol. The summed E-state index contributed by atoms with van der Waals surface area (Å²) in [6.07, 6.45) is 5.31. The molecule has 1 aromatic carbocycles. The molecule has 0 atom stereocenters. The Labute approximate surface area is 113 Å². The highest BCUT2D eigenvalue weighted by Gasteiger charge is 2.41. The second kappa shape index (κ2) is 4.44. The molecule has 0 radical (unpaired) electrons. The third kappa shape index (κ3) is 1.86. The monoisotopic (exact) mass is 261 g/mol. The summed E-state index contributed by atoms with van der Waals surface area (Å²) in [5.41, 5.74) is 1.65. The van der Waals surface area contributed by atoms with Gasteiger partial charge in [-0.2, -0.15) is 0 Å². The molecule has 1 aliphatic carbocycles. The van der Waals surface area contributed by atoms with Crippen molar-refractivity contribution < 1.29 is 14.3 Å². The number of nitrogens with one attached hydrogen (secondary N) is 1. The number of methoxy groups -OCH3 is 2. The van der Waals surface area contributed by atoms with Gasteiger partial charge in [-0.25, -0.2) is 0 Å². The lowest BCUT2D eigenvalue weighted by molar-refractivity contribution is 0.0879. The maximum atomic E-state index is 12.3. The fourth-order valence-corrected chi connectivity index (χ4v) is 3.42. The SMILES string of the molecule is COc1ccc2c(c1OC)CC1(CCCC1)NC2=O. The molecule has 3 rings (SSSR count). The number of amides is 1. The lowest BCUT2D eigenvalue weighted by atomic mass is 9.82. The van der Waals surface area contributed by atoms with Crippen LogP contribution in [-0.2, 0) is 6.42 Å². The number of hydrogen-bond acceptors (Lipinski definition) is 3. The van der Waals surface area contributed by atoms with E-state index in [2.05, 4.69) is 5.32 Å². The summed E-state index contributed by atoms with van der Waals surface area (Å²) >= 11 is 0. The van der Waals surface area contributed by atoms with Crippen molar-refractivity contribution in [1.29, 1.82) is 0 Å². The Balaban J connectivity index is 2.10. The van der Waals surface area contributed by atoms with Crippen molar-refractivity contribution in [3.63, 3.8) is 0 Å². The maximum absolute atomic E-state index is 12.3. The predicted molar refractivity (Wildman–Crippen MR) is 71.9 cm³/mol. The summed E-state index contributed by atoms with van der Waals surface area (Å²) in [5, 5.41) is 3.20. The zero-order valence-electron chi connectivity index (χ0n) is 11.4. The molecule has 0 saturated heterocycles. The minimum absolute atomic E-state index is 0.0177. The summed E-state index contributed by atoms with van der Waals surface area (Å²) in [4.78, 5) is 12.3. The third-order valence-corrected chi connectivity index (χ3v) is 4.35. The van der Waals surface area contributed by atoms with Gasteiger partial charge in [0.2, 0.25) is 0 Å². The zero-order chi connectivity index (χ0) is 13.5. The van der Waals surface area contributed by atoms with Crippen molar-refractivity contribution in [3.8, 4) is 11.5 Å². The highest BCUT2D eigenvalue weighted by Crippen LogP contribution is 2.42. The second-order valence-corrected chi connectivity index (χ2v) is 5.45. The summed E-state index contributed by atoms with van der Waals surface area (Å²) in [6.45, 7) is 0. The van der Waals surface area contributed by atoms with E-state index < -0.39 is 0 Å². The number of fused-ring (bicyclic) bond motifs is 1. The lowest BCUT2D eigenvalue weighted by Gasteiger charge is -2.36. The molecule has 4 heteroatoms. The number of rotatable bonds is 2. The van der Waals surface area contributed by atoms with Gasteiger partial charge in [-0.15, -0.1) is 0 Å². The topological polar surface area (TPSA) is 47.6 Å². The summed E-state index contributed by atoms with van der Waals surface area (Å²) in [7, 11) is 3.25. The highest BCUT2D eigenvalue weighted by atomic mass is 16.5. The van der Waals surface area contributed by atoms with E-state index >= 15 is 0 Å². The summed E-state index contributed by atoms with van der Waals surface area (Å²) < 4.78 is 10.8. The normalized spacial score (nSPS) is 20.0. The minimum atomic E-state index is -0.0657. The standard InChI is InChI=1S/C15H19NO3/c1-18-12-6-5-10-11(13(12)19-2)9-15(16-14(10)17)7-3-4-8-15/h5-6H,3-4,7-9H2,1-2H3,(H,16,17). The van der Waals surface area contributed by atoms with Crippen LogP contribution in [0.2, 0.25) is 0 Å². The van der Waals surface area contributed by atoms with Crippen molar-refractivity contribution in [2.24, 2.45) is 0 Å². The molecule has 0 bridgehead atoms. The highest BCUT2D eigenvalue weighted by molar-refractivity contribution is 5.98. The fourth-order valence-electron chi connectivity index (χ4n) is 3.42. The van der Waals surface area contributed by atoms with Crippen LogP contribution in [0.15, 0.2) is 12.1 Å². The van der Waals surface area contributed by atoms with Gasteiger partial charge in [0.15, 0.2) is 11.5 Å². The van der Waals surface area contributed by atoms with Crippen LogP contribution in [0.4, 0.5) is 0 Å². The number of carbonyl (C=O) groups is 1. The van der Waals surface area contributed by atoms with E-state index in [4.69, 9.17) is 9.47 Å². The molecule has 19 heavy (non-hydrogen) atoms. The van der Waals surface area contributed by atoms with Gasteiger partial charge < -0.3 is 14.8 Å². The molecular formula is C15H19NO3. The second-order valence-electron chi connectivity index (χ2n) is 5.45. The molecule has 1 aromatic rings. The zero-order valence-corrected chi connectivity index (χ0v) is 11.4. The van der Waals surface area contributed by atoms with Gasteiger partial charge in [0.25, 0.3) is 5.91 Å². The van der Waals surface area contributed by atoms with E-state index in [0.717, 1.165) is 30.4 Å². The summed E-state index contributed by atoms with van der Waals surface area (Å²) in [6, 6.07) is 3.62. The molecule has 1 aliphatic heterocycles. The number of benzene rings is 1. The van der Waals surface area contributed by atoms with Crippen LogP contribution in [-0.4, -0.2) is 25.7 Å². The van der Waals surface area contributed by atoms with Crippen LogP contribution in [0.5, 0.6) is 11.5 Å². The minimum Gasteiger partial charge on any atom is -0.493 e.